The number of likely N-dealkylation sites (tertiary alicyclic amines) is 1. The van der Waals surface area contributed by atoms with Crippen molar-refractivity contribution in [3.8, 4) is 0 Å². The third-order valence-electron chi connectivity index (χ3n) is 4.01. The molecule has 0 spiro atoms. The first-order valence-corrected chi connectivity index (χ1v) is 7.10. The summed E-state index contributed by atoms with van der Waals surface area (Å²) >= 11 is 0. The van der Waals surface area contributed by atoms with Crippen molar-refractivity contribution in [2.24, 2.45) is 5.92 Å². The van der Waals surface area contributed by atoms with Gasteiger partial charge in [0.05, 0.1) is 6.61 Å². The van der Waals surface area contributed by atoms with E-state index in [1.165, 1.54) is 13.0 Å². The smallest absolute Gasteiger partial charge is 0.0611 e. The predicted molar refractivity (Wildman–Crippen MR) is 73.2 cm³/mol. The number of aliphatic hydroxyl groups is 1. The van der Waals surface area contributed by atoms with Crippen molar-refractivity contribution in [1.29, 1.82) is 0 Å². The summed E-state index contributed by atoms with van der Waals surface area (Å²) in [4.78, 5) is 2.56. The molecule has 3 atom stereocenters. The van der Waals surface area contributed by atoms with Gasteiger partial charge in [-0.2, -0.15) is 0 Å². The molecule has 0 aromatic carbocycles. The highest BCUT2D eigenvalue weighted by Crippen LogP contribution is 2.23. The fraction of sp³-hybridized carbons (Fsp3) is 1.00. The summed E-state index contributed by atoms with van der Waals surface area (Å²) in [5.74, 6) is 0.828. The van der Waals surface area contributed by atoms with E-state index in [4.69, 9.17) is 0 Å². The average Bonchev–Trinajstić information content (AvgIpc) is 2.63. The van der Waals surface area contributed by atoms with Crippen molar-refractivity contribution < 1.29 is 5.11 Å². The van der Waals surface area contributed by atoms with Crippen molar-refractivity contribution in [3.63, 3.8) is 0 Å². The summed E-state index contributed by atoms with van der Waals surface area (Å²) < 4.78 is 0. The van der Waals surface area contributed by atoms with Crippen LogP contribution in [0.15, 0.2) is 0 Å². The quantitative estimate of drug-likeness (QED) is 0.715. The number of nitrogens with zero attached hydrogens (tertiary/aromatic N) is 1. The van der Waals surface area contributed by atoms with Gasteiger partial charge < -0.3 is 15.3 Å². The molecule has 2 N–H and O–H groups in total. The monoisotopic (exact) mass is 242 g/mol. The minimum absolute atomic E-state index is 0.110. The Balaban J connectivity index is 2.36. The number of hydrogen-bond donors (Lipinski definition) is 2. The third kappa shape index (κ3) is 4.57. The number of aliphatic hydroxyl groups excluding tert-OH is 1. The van der Waals surface area contributed by atoms with Gasteiger partial charge in [-0.3, -0.25) is 0 Å². The lowest BCUT2D eigenvalue weighted by Gasteiger charge is -2.32. The van der Waals surface area contributed by atoms with Crippen LogP contribution in [0.2, 0.25) is 0 Å². The molecular weight excluding hydrogens is 212 g/mol. The predicted octanol–water partition coefficient (Wildman–Crippen LogP) is 1.86. The Bertz CT molecular complexity index is 222. The van der Waals surface area contributed by atoms with Gasteiger partial charge in [0, 0.05) is 24.7 Å². The van der Waals surface area contributed by atoms with Crippen molar-refractivity contribution in [1.82, 2.24) is 10.2 Å². The van der Waals surface area contributed by atoms with Crippen molar-refractivity contribution in [2.45, 2.75) is 58.5 Å². The van der Waals surface area contributed by atoms with Gasteiger partial charge in [0.1, 0.15) is 0 Å². The molecule has 3 heteroatoms. The Kier molecular flexibility index (Phi) is 5.90. The zero-order valence-corrected chi connectivity index (χ0v) is 12.0. The lowest BCUT2D eigenvalue weighted by atomic mass is 9.98. The molecule has 1 heterocycles. The van der Waals surface area contributed by atoms with Gasteiger partial charge in [-0.15, -0.1) is 0 Å². The van der Waals surface area contributed by atoms with Crippen LogP contribution >= 0.6 is 0 Å². The fourth-order valence-electron chi connectivity index (χ4n) is 2.74. The molecule has 17 heavy (non-hydrogen) atoms. The van der Waals surface area contributed by atoms with Crippen LogP contribution in [-0.4, -0.2) is 47.8 Å². The van der Waals surface area contributed by atoms with Gasteiger partial charge in [0.25, 0.3) is 0 Å². The highest BCUT2D eigenvalue weighted by atomic mass is 16.3. The number of rotatable bonds is 7. The lowest BCUT2D eigenvalue weighted by molar-refractivity contribution is 0.143. The van der Waals surface area contributed by atoms with E-state index < -0.39 is 0 Å². The van der Waals surface area contributed by atoms with E-state index in [1.807, 2.05) is 0 Å². The van der Waals surface area contributed by atoms with Crippen LogP contribution in [0.1, 0.15) is 47.0 Å². The molecule has 102 valence electrons. The summed E-state index contributed by atoms with van der Waals surface area (Å²) in [6.07, 6.45) is 3.46. The fourth-order valence-corrected chi connectivity index (χ4v) is 2.74. The minimum atomic E-state index is -0.110. The van der Waals surface area contributed by atoms with Gasteiger partial charge >= 0.3 is 0 Å². The van der Waals surface area contributed by atoms with Crippen LogP contribution in [0, 0.1) is 5.92 Å². The Morgan fingerprint density at radius 3 is 2.59 bits per heavy atom. The van der Waals surface area contributed by atoms with Crippen LogP contribution in [0.5, 0.6) is 0 Å². The van der Waals surface area contributed by atoms with E-state index in [0.29, 0.717) is 6.04 Å². The Morgan fingerprint density at radius 2 is 2.12 bits per heavy atom. The zero-order chi connectivity index (χ0) is 12.9. The van der Waals surface area contributed by atoms with E-state index in [1.54, 1.807) is 0 Å². The van der Waals surface area contributed by atoms with Crippen LogP contribution in [0.25, 0.3) is 0 Å². The first-order valence-electron chi connectivity index (χ1n) is 7.10. The molecular formula is C14H30N2O. The largest absolute Gasteiger partial charge is 0.394 e. The summed E-state index contributed by atoms with van der Waals surface area (Å²) in [5, 5.41) is 13.0. The summed E-state index contributed by atoms with van der Waals surface area (Å²) in [6.45, 7) is 12.5. The van der Waals surface area contributed by atoms with Gasteiger partial charge in [-0.05, 0) is 45.6 Å². The highest BCUT2D eigenvalue weighted by Gasteiger charge is 2.29. The SMILES string of the molecule is CCCNC(C)(CO)CCN1CC(C)CC1C. The van der Waals surface area contributed by atoms with E-state index in [0.717, 1.165) is 31.8 Å². The molecule has 1 saturated heterocycles. The molecule has 0 bridgehead atoms. The van der Waals surface area contributed by atoms with E-state index in [9.17, 15) is 5.11 Å². The van der Waals surface area contributed by atoms with Crippen LogP contribution in [0.4, 0.5) is 0 Å². The number of nitrogens with one attached hydrogen (secondary N) is 1. The second-order valence-corrected chi connectivity index (χ2v) is 6.08. The first-order chi connectivity index (χ1) is 8.00. The number of hydrogen-bond acceptors (Lipinski definition) is 3. The molecule has 0 aromatic heterocycles. The molecule has 0 amide bonds. The van der Waals surface area contributed by atoms with Crippen molar-refractivity contribution >= 4 is 0 Å². The average molecular weight is 242 g/mol. The topological polar surface area (TPSA) is 35.5 Å². The summed E-state index contributed by atoms with van der Waals surface area (Å²) in [5.41, 5.74) is -0.110. The standard InChI is InChI=1S/C14H30N2O/c1-5-7-15-14(4,11-17)6-8-16-10-12(2)9-13(16)3/h12-13,15,17H,5-11H2,1-4H3. The molecule has 1 rings (SSSR count). The van der Waals surface area contributed by atoms with Gasteiger partial charge in [-0.1, -0.05) is 13.8 Å². The zero-order valence-electron chi connectivity index (χ0n) is 12.0. The highest BCUT2D eigenvalue weighted by molar-refractivity contribution is 4.86. The molecule has 1 aliphatic heterocycles. The first kappa shape index (κ1) is 14.9. The van der Waals surface area contributed by atoms with Gasteiger partial charge in [0.15, 0.2) is 0 Å². The molecule has 0 saturated carbocycles. The van der Waals surface area contributed by atoms with Gasteiger partial charge in [0.2, 0.25) is 0 Å². The van der Waals surface area contributed by atoms with Crippen LogP contribution in [0.3, 0.4) is 0 Å². The molecule has 0 radical (unpaired) electrons. The molecule has 0 aromatic rings. The minimum Gasteiger partial charge on any atom is -0.394 e. The maximum Gasteiger partial charge on any atom is 0.0611 e. The molecule has 1 fully saturated rings. The normalized spacial score (nSPS) is 29.5. The second-order valence-electron chi connectivity index (χ2n) is 6.08. The maximum atomic E-state index is 9.52. The summed E-state index contributed by atoms with van der Waals surface area (Å²) in [6, 6.07) is 0.708. The lowest BCUT2D eigenvalue weighted by Crippen LogP contribution is -2.48. The molecule has 3 nitrogen and oxygen atoms in total. The molecule has 1 aliphatic rings. The van der Waals surface area contributed by atoms with Gasteiger partial charge in [-0.25, -0.2) is 0 Å². The van der Waals surface area contributed by atoms with E-state index >= 15 is 0 Å². The van der Waals surface area contributed by atoms with Crippen molar-refractivity contribution in [3.05, 3.63) is 0 Å². The van der Waals surface area contributed by atoms with Crippen LogP contribution in [-0.2, 0) is 0 Å². The van der Waals surface area contributed by atoms with Crippen molar-refractivity contribution in [2.75, 3.05) is 26.2 Å². The van der Waals surface area contributed by atoms with Crippen LogP contribution < -0.4 is 5.32 Å². The Labute approximate surface area is 107 Å². The second kappa shape index (κ2) is 6.72. The Morgan fingerprint density at radius 1 is 1.41 bits per heavy atom. The third-order valence-corrected chi connectivity index (χ3v) is 4.01. The summed E-state index contributed by atoms with van der Waals surface area (Å²) in [7, 11) is 0. The van der Waals surface area contributed by atoms with E-state index in [-0.39, 0.29) is 12.1 Å². The maximum absolute atomic E-state index is 9.52. The molecule has 3 unspecified atom stereocenters. The van der Waals surface area contributed by atoms with E-state index in [2.05, 4.69) is 37.9 Å². The Hall–Kier alpha value is -0.120. The molecule has 0 aliphatic carbocycles.